The van der Waals surface area contributed by atoms with E-state index in [4.69, 9.17) is 26.4 Å². The first-order valence-electron chi connectivity index (χ1n) is 5.09. The fourth-order valence-corrected chi connectivity index (χ4v) is 2.59. The average Bonchev–Trinajstić information content (AvgIpc) is 2.26. The zero-order chi connectivity index (χ0) is 13.1. The molecule has 0 aromatic heterocycles. The summed E-state index contributed by atoms with van der Waals surface area (Å²) < 4.78 is 35.4. The second-order valence-electron chi connectivity index (χ2n) is 3.24. The summed E-state index contributed by atoms with van der Waals surface area (Å²) in [5.74, 6) is -0.589. The molecule has 7 heteroatoms. The van der Waals surface area contributed by atoms with E-state index in [1.54, 1.807) is 13.8 Å². The van der Waals surface area contributed by atoms with Gasteiger partial charge in [0.15, 0.2) is 0 Å². The standard InChI is InChI=1S/C10H14ClFNO3P/c1-3-15-17(14,4-2)16-10-6-9(13)8(12)5-7(10)11/h5-6H,3-4,13H2,1-2H3. The number of hydrogen-bond donors (Lipinski definition) is 1. The van der Waals surface area contributed by atoms with Gasteiger partial charge in [0.05, 0.1) is 23.5 Å². The number of hydrogen-bond acceptors (Lipinski definition) is 4. The second kappa shape index (κ2) is 5.71. The number of halogens is 2. The van der Waals surface area contributed by atoms with Crippen molar-refractivity contribution in [3.63, 3.8) is 0 Å². The highest BCUT2D eigenvalue weighted by Gasteiger charge is 2.24. The maximum atomic E-state index is 13.1. The molecule has 96 valence electrons. The third-order valence-electron chi connectivity index (χ3n) is 2.00. The highest BCUT2D eigenvalue weighted by atomic mass is 35.5. The molecule has 17 heavy (non-hydrogen) atoms. The highest BCUT2D eigenvalue weighted by molar-refractivity contribution is 7.54. The molecular weight excluding hydrogens is 268 g/mol. The van der Waals surface area contributed by atoms with E-state index in [2.05, 4.69) is 0 Å². The van der Waals surface area contributed by atoms with Crippen molar-refractivity contribution in [2.45, 2.75) is 13.8 Å². The highest BCUT2D eigenvalue weighted by Crippen LogP contribution is 2.49. The van der Waals surface area contributed by atoms with Crippen LogP contribution < -0.4 is 10.3 Å². The van der Waals surface area contributed by atoms with Crippen LogP contribution in [-0.4, -0.2) is 12.8 Å². The first-order chi connectivity index (χ1) is 7.91. The molecule has 0 aliphatic carbocycles. The average molecular weight is 282 g/mol. The predicted octanol–water partition coefficient (Wildman–Crippen LogP) is 3.69. The molecule has 1 aromatic rings. The fraction of sp³-hybridized carbons (Fsp3) is 0.400. The van der Waals surface area contributed by atoms with Gasteiger partial charge >= 0.3 is 7.60 Å². The number of rotatable bonds is 5. The Morgan fingerprint density at radius 1 is 1.47 bits per heavy atom. The SMILES string of the molecule is CCOP(=O)(CC)Oc1cc(N)c(F)cc1Cl. The van der Waals surface area contributed by atoms with E-state index >= 15 is 0 Å². The molecule has 1 atom stereocenters. The largest absolute Gasteiger partial charge is 0.423 e. The normalized spacial score (nSPS) is 14.4. The van der Waals surface area contributed by atoms with E-state index in [9.17, 15) is 8.96 Å². The third-order valence-corrected chi connectivity index (χ3v) is 4.20. The smallest absolute Gasteiger partial charge is 0.378 e. The summed E-state index contributed by atoms with van der Waals surface area (Å²) in [6.45, 7) is 3.61. The molecule has 0 heterocycles. The first-order valence-corrected chi connectivity index (χ1v) is 7.20. The number of nitrogen functional groups attached to an aromatic ring is 1. The summed E-state index contributed by atoms with van der Waals surface area (Å²) in [7, 11) is -3.25. The summed E-state index contributed by atoms with van der Waals surface area (Å²) in [5, 5.41) is 0.00470. The number of anilines is 1. The van der Waals surface area contributed by atoms with Crippen molar-refractivity contribution in [2.75, 3.05) is 18.5 Å². The zero-order valence-corrected chi connectivity index (χ0v) is 11.2. The molecule has 4 nitrogen and oxygen atoms in total. The summed E-state index contributed by atoms with van der Waals surface area (Å²) in [6, 6.07) is 2.21. The van der Waals surface area contributed by atoms with Crippen LogP contribution in [0.25, 0.3) is 0 Å². The molecule has 0 radical (unpaired) electrons. The van der Waals surface area contributed by atoms with E-state index in [1.165, 1.54) is 6.07 Å². The molecule has 1 aromatic carbocycles. The first kappa shape index (κ1) is 14.3. The molecule has 0 fully saturated rings. The molecular formula is C10H14ClFNO3P. The van der Waals surface area contributed by atoms with E-state index in [0.29, 0.717) is 0 Å². The van der Waals surface area contributed by atoms with Crippen molar-refractivity contribution in [3.8, 4) is 5.75 Å². The lowest BCUT2D eigenvalue weighted by Gasteiger charge is -2.18. The molecule has 0 saturated carbocycles. The van der Waals surface area contributed by atoms with E-state index in [1.807, 2.05) is 0 Å². The monoisotopic (exact) mass is 281 g/mol. The van der Waals surface area contributed by atoms with Crippen LogP contribution in [0.4, 0.5) is 10.1 Å². The number of nitrogens with two attached hydrogens (primary N) is 1. The minimum absolute atomic E-state index is 0.00470. The zero-order valence-electron chi connectivity index (χ0n) is 9.57. The van der Waals surface area contributed by atoms with Crippen LogP contribution in [0, 0.1) is 5.82 Å². The minimum Gasteiger partial charge on any atom is -0.423 e. The van der Waals surface area contributed by atoms with Gasteiger partial charge in [0, 0.05) is 6.07 Å². The van der Waals surface area contributed by atoms with Gasteiger partial charge in [-0.25, -0.2) is 8.96 Å². The lowest BCUT2D eigenvalue weighted by Crippen LogP contribution is -2.02. The van der Waals surface area contributed by atoms with Gasteiger partial charge in [-0.15, -0.1) is 0 Å². The summed E-state index contributed by atoms with van der Waals surface area (Å²) >= 11 is 5.77. The van der Waals surface area contributed by atoms with E-state index in [0.717, 1.165) is 6.07 Å². The lowest BCUT2D eigenvalue weighted by atomic mass is 10.3. The summed E-state index contributed by atoms with van der Waals surface area (Å²) in [5.41, 5.74) is 5.26. The van der Waals surface area contributed by atoms with Crippen molar-refractivity contribution in [1.29, 1.82) is 0 Å². The van der Waals surface area contributed by atoms with Gasteiger partial charge in [0.25, 0.3) is 0 Å². The Hall–Kier alpha value is -0.770. The van der Waals surface area contributed by atoms with E-state index < -0.39 is 13.4 Å². The molecule has 0 aliphatic heterocycles. The van der Waals surface area contributed by atoms with E-state index in [-0.39, 0.29) is 29.2 Å². The molecule has 0 saturated heterocycles. The Kier molecular flexibility index (Phi) is 4.80. The van der Waals surface area contributed by atoms with Gasteiger partial charge in [-0.3, -0.25) is 0 Å². The van der Waals surface area contributed by atoms with Gasteiger partial charge in [-0.1, -0.05) is 18.5 Å². The Morgan fingerprint density at radius 2 is 2.12 bits per heavy atom. The summed E-state index contributed by atoms with van der Waals surface area (Å²) in [4.78, 5) is 0. The minimum atomic E-state index is -3.25. The molecule has 1 unspecified atom stereocenters. The number of benzene rings is 1. The van der Waals surface area contributed by atoms with Crippen LogP contribution in [0.15, 0.2) is 12.1 Å². The van der Waals surface area contributed by atoms with Crippen LogP contribution in [0.3, 0.4) is 0 Å². The van der Waals surface area contributed by atoms with Gasteiger partial charge in [0.2, 0.25) is 0 Å². The van der Waals surface area contributed by atoms with Crippen LogP contribution in [-0.2, 0) is 9.09 Å². The fourth-order valence-electron chi connectivity index (χ4n) is 1.14. The van der Waals surface area contributed by atoms with Crippen molar-refractivity contribution < 1.29 is 18.0 Å². The second-order valence-corrected chi connectivity index (χ2v) is 5.94. The molecule has 0 amide bonds. The Balaban J connectivity index is 3.02. The maximum Gasteiger partial charge on any atom is 0.378 e. The third kappa shape index (κ3) is 3.60. The van der Waals surface area contributed by atoms with Gasteiger partial charge < -0.3 is 14.8 Å². The molecule has 0 aliphatic rings. The van der Waals surface area contributed by atoms with Crippen LogP contribution >= 0.6 is 19.2 Å². The van der Waals surface area contributed by atoms with Crippen molar-refractivity contribution in [2.24, 2.45) is 0 Å². The van der Waals surface area contributed by atoms with Gasteiger partial charge in [-0.05, 0) is 13.0 Å². The Morgan fingerprint density at radius 3 is 2.65 bits per heavy atom. The molecule has 2 N–H and O–H groups in total. The van der Waals surface area contributed by atoms with Crippen LogP contribution in [0.2, 0.25) is 5.02 Å². The predicted molar refractivity (Wildman–Crippen MR) is 66.2 cm³/mol. The molecule has 0 bridgehead atoms. The Bertz CT molecular complexity index is 455. The molecule has 1 rings (SSSR count). The quantitative estimate of drug-likeness (QED) is 0.660. The lowest BCUT2D eigenvalue weighted by molar-refractivity contribution is 0.280. The maximum absolute atomic E-state index is 13.1. The molecule has 0 spiro atoms. The van der Waals surface area contributed by atoms with Gasteiger partial charge in [-0.2, -0.15) is 0 Å². The van der Waals surface area contributed by atoms with Crippen molar-refractivity contribution in [3.05, 3.63) is 23.0 Å². The Labute approximate surface area is 104 Å². The van der Waals surface area contributed by atoms with Crippen molar-refractivity contribution in [1.82, 2.24) is 0 Å². The van der Waals surface area contributed by atoms with Crippen molar-refractivity contribution >= 4 is 24.9 Å². The van der Waals surface area contributed by atoms with Crippen LogP contribution in [0.1, 0.15) is 13.8 Å². The van der Waals surface area contributed by atoms with Crippen LogP contribution in [0.5, 0.6) is 5.75 Å². The van der Waals surface area contributed by atoms with Gasteiger partial charge in [0.1, 0.15) is 11.6 Å². The summed E-state index contributed by atoms with van der Waals surface area (Å²) in [6.07, 6.45) is 0.189. The topological polar surface area (TPSA) is 61.5 Å².